The summed E-state index contributed by atoms with van der Waals surface area (Å²) in [5, 5.41) is 3.06. The minimum atomic E-state index is -0.426. The van der Waals surface area contributed by atoms with Gasteiger partial charge in [0.25, 0.3) is 0 Å². The fourth-order valence-electron chi connectivity index (χ4n) is 2.43. The van der Waals surface area contributed by atoms with E-state index in [1.807, 2.05) is 36.4 Å². The minimum Gasteiger partial charge on any atom is -0.485 e. The molecule has 2 aromatic carbocycles. The summed E-state index contributed by atoms with van der Waals surface area (Å²) in [5.74, 6) is 1.44. The number of carbonyl (C=O) groups excluding carboxylic acids is 1. The first-order valence-corrected chi connectivity index (χ1v) is 8.65. The Kier molecular flexibility index (Phi) is 5.45. The number of amides is 1. The molecule has 1 atom stereocenters. The molecular formula is C18H19BrN2O4. The van der Waals surface area contributed by atoms with Crippen LogP contribution in [0.4, 0.5) is 0 Å². The van der Waals surface area contributed by atoms with Crippen LogP contribution in [0, 0.1) is 0 Å². The normalized spacial score (nSPS) is 13.5. The lowest BCUT2D eigenvalue weighted by Gasteiger charge is -2.14. The van der Waals surface area contributed by atoms with Gasteiger partial charge in [0.2, 0.25) is 18.4 Å². The van der Waals surface area contributed by atoms with Crippen molar-refractivity contribution in [1.82, 2.24) is 5.32 Å². The summed E-state index contributed by atoms with van der Waals surface area (Å²) in [7, 11) is 0. The van der Waals surface area contributed by atoms with Crippen LogP contribution in [-0.4, -0.2) is 18.7 Å². The summed E-state index contributed by atoms with van der Waals surface area (Å²) in [6.45, 7) is 2.73. The number of ether oxygens (including phenoxy) is 3. The predicted molar refractivity (Wildman–Crippen MR) is 96.5 cm³/mol. The Bertz CT molecular complexity index is 782. The zero-order valence-corrected chi connectivity index (χ0v) is 15.3. The number of fused-ring (bicyclic) bond motifs is 1. The van der Waals surface area contributed by atoms with E-state index in [9.17, 15) is 4.79 Å². The van der Waals surface area contributed by atoms with Crippen LogP contribution in [0.25, 0.3) is 0 Å². The van der Waals surface area contributed by atoms with E-state index in [1.54, 1.807) is 6.92 Å². The molecular weight excluding hydrogens is 388 g/mol. The molecule has 0 aromatic heterocycles. The molecule has 0 saturated carbocycles. The van der Waals surface area contributed by atoms with Crippen molar-refractivity contribution in [3.05, 3.63) is 52.0 Å². The molecule has 0 radical (unpaired) electrons. The second-order valence-corrected chi connectivity index (χ2v) is 6.63. The van der Waals surface area contributed by atoms with E-state index in [0.29, 0.717) is 30.4 Å². The Balaban J connectivity index is 1.72. The van der Waals surface area contributed by atoms with Crippen LogP contribution in [0.15, 0.2) is 40.9 Å². The maximum atomic E-state index is 11.1. The highest BCUT2D eigenvalue weighted by molar-refractivity contribution is 9.10. The first-order chi connectivity index (χ1) is 12.0. The van der Waals surface area contributed by atoms with Gasteiger partial charge >= 0.3 is 0 Å². The second kappa shape index (κ2) is 7.76. The number of hydrogen-bond donors (Lipinski definition) is 2. The zero-order valence-electron chi connectivity index (χ0n) is 13.8. The SMILES string of the molecule is C[C@H](NCc1ccc(OCc2cccc(Br)c2)c2c1OCO2)C(N)=O. The van der Waals surface area contributed by atoms with Crippen molar-refractivity contribution < 1.29 is 19.0 Å². The van der Waals surface area contributed by atoms with E-state index >= 15 is 0 Å². The third-order valence-electron chi connectivity index (χ3n) is 3.87. The van der Waals surface area contributed by atoms with Gasteiger partial charge in [-0.1, -0.05) is 34.1 Å². The number of hydrogen-bond acceptors (Lipinski definition) is 5. The Labute approximate surface area is 154 Å². The maximum Gasteiger partial charge on any atom is 0.234 e. The van der Waals surface area contributed by atoms with Crippen LogP contribution in [-0.2, 0) is 17.9 Å². The molecule has 2 aromatic rings. The van der Waals surface area contributed by atoms with Gasteiger partial charge < -0.3 is 25.3 Å². The van der Waals surface area contributed by atoms with Crippen molar-refractivity contribution >= 4 is 21.8 Å². The number of nitrogens with one attached hydrogen (secondary N) is 1. The van der Waals surface area contributed by atoms with Gasteiger partial charge in [0, 0.05) is 16.6 Å². The molecule has 1 amide bonds. The molecule has 6 nitrogen and oxygen atoms in total. The standard InChI is InChI=1S/C18H19BrN2O4/c1-11(18(20)22)21-8-13-5-6-15(17-16(13)24-10-25-17)23-9-12-3-2-4-14(19)7-12/h2-7,11,21H,8-10H2,1H3,(H2,20,22)/t11-/m0/s1. The highest BCUT2D eigenvalue weighted by atomic mass is 79.9. The number of primary amides is 1. The number of halogens is 1. The number of rotatable bonds is 7. The summed E-state index contributed by atoms with van der Waals surface area (Å²) in [6.07, 6.45) is 0. The lowest BCUT2D eigenvalue weighted by molar-refractivity contribution is -0.119. The van der Waals surface area contributed by atoms with Crippen LogP contribution in [0.2, 0.25) is 0 Å². The van der Waals surface area contributed by atoms with E-state index < -0.39 is 11.9 Å². The Morgan fingerprint density at radius 1 is 1.32 bits per heavy atom. The number of benzene rings is 2. The highest BCUT2D eigenvalue weighted by Gasteiger charge is 2.23. The molecule has 7 heteroatoms. The smallest absolute Gasteiger partial charge is 0.234 e. The second-order valence-electron chi connectivity index (χ2n) is 5.71. The van der Waals surface area contributed by atoms with Crippen molar-refractivity contribution in [2.24, 2.45) is 5.73 Å². The van der Waals surface area contributed by atoms with Crippen molar-refractivity contribution in [1.29, 1.82) is 0 Å². The van der Waals surface area contributed by atoms with Gasteiger partial charge in [0.05, 0.1) is 6.04 Å². The summed E-state index contributed by atoms with van der Waals surface area (Å²) in [5.41, 5.74) is 7.19. The monoisotopic (exact) mass is 406 g/mol. The summed E-state index contributed by atoms with van der Waals surface area (Å²) < 4.78 is 18.0. The molecule has 1 aliphatic heterocycles. The molecule has 3 N–H and O–H groups in total. The van der Waals surface area contributed by atoms with Gasteiger partial charge in [-0.25, -0.2) is 0 Å². The molecule has 1 aliphatic rings. The molecule has 0 spiro atoms. The summed E-state index contributed by atoms with van der Waals surface area (Å²) in [4.78, 5) is 11.1. The highest BCUT2D eigenvalue weighted by Crippen LogP contribution is 2.43. The molecule has 3 rings (SSSR count). The molecule has 0 fully saturated rings. The zero-order chi connectivity index (χ0) is 17.8. The molecule has 25 heavy (non-hydrogen) atoms. The fraction of sp³-hybridized carbons (Fsp3) is 0.278. The largest absolute Gasteiger partial charge is 0.485 e. The predicted octanol–water partition coefficient (Wildman–Crippen LogP) is 2.72. The lowest BCUT2D eigenvalue weighted by atomic mass is 10.1. The van der Waals surface area contributed by atoms with E-state index in [4.69, 9.17) is 19.9 Å². The number of carbonyl (C=O) groups is 1. The molecule has 132 valence electrons. The summed E-state index contributed by atoms with van der Waals surface area (Å²) in [6, 6.07) is 11.2. The summed E-state index contributed by atoms with van der Waals surface area (Å²) >= 11 is 3.45. The van der Waals surface area contributed by atoms with Gasteiger partial charge in [-0.15, -0.1) is 0 Å². The van der Waals surface area contributed by atoms with Gasteiger partial charge in [0.15, 0.2) is 11.5 Å². The van der Waals surface area contributed by atoms with Gasteiger partial charge in [-0.2, -0.15) is 0 Å². The van der Waals surface area contributed by atoms with Crippen LogP contribution in [0.3, 0.4) is 0 Å². The first kappa shape index (κ1) is 17.6. The molecule has 1 heterocycles. The Morgan fingerprint density at radius 3 is 2.88 bits per heavy atom. The maximum absolute atomic E-state index is 11.1. The molecule has 0 unspecified atom stereocenters. The van der Waals surface area contributed by atoms with Crippen molar-refractivity contribution in [3.8, 4) is 17.2 Å². The Morgan fingerprint density at radius 2 is 2.12 bits per heavy atom. The van der Waals surface area contributed by atoms with Crippen LogP contribution in [0.1, 0.15) is 18.1 Å². The topological polar surface area (TPSA) is 82.8 Å². The van der Waals surface area contributed by atoms with Crippen molar-refractivity contribution in [2.45, 2.75) is 26.1 Å². The van der Waals surface area contributed by atoms with Gasteiger partial charge in [0.1, 0.15) is 6.61 Å². The van der Waals surface area contributed by atoms with Crippen LogP contribution >= 0.6 is 15.9 Å². The quantitative estimate of drug-likeness (QED) is 0.738. The third kappa shape index (κ3) is 4.24. The average Bonchev–Trinajstić information content (AvgIpc) is 3.08. The van der Waals surface area contributed by atoms with E-state index in [1.165, 1.54) is 0 Å². The van der Waals surface area contributed by atoms with Crippen molar-refractivity contribution in [3.63, 3.8) is 0 Å². The van der Waals surface area contributed by atoms with Crippen molar-refractivity contribution in [2.75, 3.05) is 6.79 Å². The first-order valence-electron chi connectivity index (χ1n) is 7.86. The van der Waals surface area contributed by atoms with Crippen LogP contribution < -0.4 is 25.3 Å². The van der Waals surface area contributed by atoms with E-state index in [2.05, 4.69) is 21.2 Å². The fourth-order valence-corrected chi connectivity index (χ4v) is 2.88. The molecule has 0 bridgehead atoms. The van der Waals surface area contributed by atoms with E-state index in [-0.39, 0.29) is 6.79 Å². The van der Waals surface area contributed by atoms with Gasteiger partial charge in [-0.05, 0) is 30.7 Å². The van der Waals surface area contributed by atoms with Crippen LogP contribution in [0.5, 0.6) is 17.2 Å². The lowest BCUT2D eigenvalue weighted by Crippen LogP contribution is -2.38. The van der Waals surface area contributed by atoms with Gasteiger partial charge in [-0.3, -0.25) is 4.79 Å². The molecule has 0 saturated heterocycles. The van der Waals surface area contributed by atoms with E-state index in [0.717, 1.165) is 15.6 Å². The minimum absolute atomic E-state index is 0.144. The Hall–Kier alpha value is -2.25. The number of nitrogens with two attached hydrogens (primary N) is 1. The molecule has 0 aliphatic carbocycles. The third-order valence-corrected chi connectivity index (χ3v) is 4.37. The average molecular weight is 407 g/mol.